The Hall–Kier alpha value is -2.70. The van der Waals surface area contributed by atoms with Crippen LogP contribution < -0.4 is 15.0 Å². The van der Waals surface area contributed by atoms with E-state index in [9.17, 15) is 4.79 Å². The second-order valence-corrected chi connectivity index (χ2v) is 6.26. The third-order valence-electron chi connectivity index (χ3n) is 4.41. The molecule has 3 rings (SSSR count). The minimum Gasteiger partial charge on any atom is -0.495 e. The van der Waals surface area contributed by atoms with Gasteiger partial charge >= 0.3 is 6.03 Å². The molecule has 0 aliphatic carbocycles. The van der Waals surface area contributed by atoms with Crippen molar-refractivity contribution >= 4 is 11.7 Å². The Morgan fingerprint density at radius 3 is 2.72 bits per heavy atom. The summed E-state index contributed by atoms with van der Waals surface area (Å²) in [7, 11) is 1.68. The summed E-state index contributed by atoms with van der Waals surface area (Å²) in [6.45, 7) is 5.70. The summed E-state index contributed by atoms with van der Waals surface area (Å²) in [6.07, 6.45) is 5.40. The summed E-state index contributed by atoms with van der Waals surface area (Å²) >= 11 is 0. The van der Waals surface area contributed by atoms with Crippen molar-refractivity contribution in [3.05, 3.63) is 43.0 Å². The number of ether oxygens (including phenoxy) is 1. The van der Waals surface area contributed by atoms with Gasteiger partial charge in [-0.25, -0.2) is 9.78 Å². The summed E-state index contributed by atoms with van der Waals surface area (Å²) in [4.78, 5) is 20.6. The van der Waals surface area contributed by atoms with Gasteiger partial charge in [0.05, 0.1) is 19.1 Å². The number of imidazole rings is 1. The van der Waals surface area contributed by atoms with Crippen LogP contribution in [0.5, 0.6) is 5.75 Å². The molecule has 2 heterocycles. The average molecular weight is 343 g/mol. The number of nitrogens with one attached hydrogen (secondary N) is 1. The molecular formula is C18H25N5O2. The normalized spacial score (nSPS) is 15.8. The Labute approximate surface area is 148 Å². The summed E-state index contributed by atoms with van der Waals surface area (Å²) in [5.41, 5.74) is 1.08. The highest BCUT2D eigenvalue weighted by atomic mass is 16.5. The van der Waals surface area contributed by atoms with E-state index in [2.05, 4.69) is 21.3 Å². The minimum absolute atomic E-state index is 0.00714. The van der Waals surface area contributed by atoms with Gasteiger partial charge in [-0.05, 0) is 19.1 Å². The average Bonchev–Trinajstić information content (AvgIpc) is 3.14. The van der Waals surface area contributed by atoms with Crippen LogP contribution in [0.4, 0.5) is 10.5 Å². The third-order valence-corrected chi connectivity index (χ3v) is 4.41. The summed E-state index contributed by atoms with van der Waals surface area (Å²) in [5.74, 6) is 0.870. The van der Waals surface area contributed by atoms with Crippen LogP contribution in [0.3, 0.4) is 0 Å². The van der Waals surface area contributed by atoms with Gasteiger partial charge in [0.2, 0.25) is 0 Å². The number of aromatic nitrogens is 2. The number of amides is 2. The van der Waals surface area contributed by atoms with Crippen molar-refractivity contribution in [1.29, 1.82) is 0 Å². The Bertz CT molecular complexity index is 681. The van der Waals surface area contributed by atoms with Crippen molar-refractivity contribution in [2.45, 2.75) is 19.5 Å². The van der Waals surface area contributed by atoms with Crippen LogP contribution in [0.2, 0.25) is 0 Å². The maximum absolute atomic E-state index is 12.5. The van der Waals surface area contributed by atoms with Gasteiger partial charge in [-0.3, -0.25) is 0 Å². The zero-order valence-electron chi connectivity index (χ0n) is 14.8. The number of hydrogen-bond donors (Lipinski definition) is 1. The smallest absolute Gasteiger partial charge is 0.317 e. The van der Waals surface area contributed by atoms with Gasteiger partial charge in [-0.1, -0.05) is 12.1 Å². The molecule has 1 aromatic carbocycles. The van der Waals surface area contributed by atoms with Crippen LogP contribution >= 0.6 is 0 Å². The number of hydrogen-bond acceptors (Lipinski definition) is 4. The largest absolute Gasteiger partial charge is 0.495 e. The Morgan fingerprint density at radius 1 is 1.28 bits per heavy atom. The molecule has 1 atom stereocenters. The molecule has 0 spiro atoms. The fourth-order valence-corrected chi connectivity index (χ4v) is 3.10. The number of nitrogens with zero attached hydrogens (tertiary/aromatic N) is 4. The third kappa shape index (κ3) is 4.23. The molecule has 7 heteroatoms. The second kappa shape index (κ2) is 7.92. The minimum atomic E-state index is -0.00714. The second-order valence-electron chi connectivity index (χ2n) is 6.26. The van der Waals surface area contributed by atoms with E-state index in [0.29, 0.717) is 19.6 Å². The van der Waals surface area contributed by atoms with Gasteiger partial charge in [0.1, 0.15) is 5.75 Å². The topological polar surface area (TPSA) is 62.6 Å². The van der Waals surface area contributed by atoms with Crippen LogP contribution in [0.1, 0.15) is 6.92 Å². The number of benzene rings is 1. The fraction of sp³-hybridized carbons (Fsp3) is 0.444. The van der Waals surface area contributed by atoms with Crippen LogP contribution in [0, 0.1) is 0 Å². The maximum Gasteiger partial charge on any atom is 0.317 e. The molecule has 2 aromatic rings. The van der Waals surface area contributed by atoms with E-state index >= 15 is 0 Å². The lowest BCUT2D eigenvalue weighted by Crippen LogP contribution is -2.53. The first-order valence-electron chi connectivity index (χ1n) is 8.56. The molecule has 1 saturated heterocycles. The molecule has 7 nitrogen and oxygen atoms in total. The highest BCUT2D eigenvalue weighted by Gasteiger charge is 2.23. The molecular weight excluding hydrogens is 318 g/mol. The number of urea groups is 1. The fourth-order valence-electron chi connectivity index (χ4n) is 3.10. The van der Waals surface area contributed by atoms with Crippen molar-refractivity contribution in [3.8, 4) is 5.75 Å². The van der Waals surface area contributed by atoms with Gasteiger partial charge in [-0.15, -0.1) is 0 Å². The quantitative estimate of drug-likeness (QED) is 0.899. The van der Waals surface area contributed by atoms with Crippen molar-refractivity contribution in [2.75, 3.05) is 38.2 Å². The van der Waals surface area contributed by atoms with E-state index in [1.165, 1.54) is 0 Å². The molecule has 0 saturated carbocycles. The van der Waals surface area contributed by atoms with Crippen LogP contribution in [0.15, 0.2) is 43.0 Å². The number of carbonyl (C=O) groups is 1. The van der Waals surface area contributed by atoms with Crippen LogP contribution in [-0.2, 0) is 6.54 Å². The predicted octanol–water partition coefficient (Wildman–Crippen LogP) is 1.81. The van der Waals surface area contributed by atoms with Crippen molar-refractivity contribution in [2.24, 2.45) is 0 Å². The molecule has 1 fully saturated rings. The van der Waals surface area contributed by atoms with E-state index in [1.54, 1.807) is 19.6 Å². The van der Waals surface area contributed by atoms with Crippen LogP contribution in [-0.4, -0.2) is 59.8 Å². The van der Waals surface area contributed by atoms with Gasteiger partial charge < -0.3 is 24.4 Å². The van der Waals surface area contributed by atoms with Crippen LogP contribution in [0.25, 0.3) is 0 Å². The summed E-state index contributed by atoms with van der Waals surface area (Å²) in [5, 5.41) is 3.06. The Balaban J connectivity index is 1.50. The van der Waals surface area contributed by atoms with Crippen molar-refractivity contribution in [1.82, 2.24) is 19.8 Å². The molecule has 0 unspecified atom stereocenters. The molecule has 25 heavy (non-hydrogen) atoms. The SMILES string of the molecule is COc1ccccc1N1CCN(C(=O)N[C@H](C)Cn2ccnc2)CC1. The number of para-hydroxylation sites is 2. The van der Waals surface area contributed by atoms with E-state index < -0.39 is 0 Å². The molecule has 1 aliphatic heterocycles. The van der Waals surface area contributed by atoms with Gasteiger partial charge in [0.25, 0.3) is 0 Å². The number of rotatable bonds is 5. The lowest BCUT2D eigenvalue weighted by Gasteiger charge is -2.37. The van der Waals surface area contributed by atoms with Crippen molar-refractivity contribution in [3.63, 3.8) is 0 Å². The van der Waals surface area contributed by atoms with Gasteiger partial charge in [-0.2, -0.15) is 0 Å². The number of piperazine rings is 1. The van der Waals surface area contributed by atoms with Crippen molar-refractivity contribution < 1.29 is 9.53 Å². The standard InChI is InChI=1S/C18H25N5O2/c1-15(13-21-8-7-19-14-21)20-18(24)23-11-9-22(10-12-23)16-5-3-4-6-17(16)25-2/h3-8,14-15H,9-13H2,1-2H3,(H,20,24)/t15-/m1/s1. The first-order valence-corrected chi connectivity index (χ1v) is 8.56. The number of anilines is 1. The van der Waals surface area contributed by atoms with E-state index in [1.807, 2.05) is 40.8 Å². The first kappa shape index (κ1) is 17.1. The van der Waals surface area contributed by atoms with E-state index in [-0.39, 0.29) is 12.1 Å². The molecule has 1 aliphatic rings. The van der Waals surface area contributed by atoms with Gasteiger partial charge in [0, 0.05) is 51.2 Å². The first-order chi connectivity index (χ1) is 12.2. The highest BCUT2D eigenvalue weighted by Crippen LogP contribution is 2.28. The molecule has 1 N–H and O–H groups in total. The molecule has 134 valence electrons. The summed E-state index contributed by atoms with van der Waals surface area (Å²) < 4.78 is 7.40. The monoisotopic (exact) mass is 343 g/mol. The number of carbonyl (C=O) groups excluding carboxylic acids is 1. The Kier molecular flexibility index (Phi) is 5.42. The zero-order valence-corrected chi connectivity index (χ0v) is 14.8. The lowest BCUT2D eigenvalue weighted by atomic mass is 10.2. The maximum atomic E-state index is 12.5. The van der Waals surface area contributed by atoms with E-state index in [0.717, 1.165) is 24.5 Å². The molecule has 0 radical (unpaired) electrons. The molecule has 1 aromatic heterocycles. The van der Waals surface area contributed by atoms with E-state index in [4.69, 9.17) is 4.74 Å². The summed E-state index contributed by atoms with van der Waals surface area (Å²) in [6, 6.07) is 8.04. The predicted molar refractivity (Wildman–Crippen MR) is 97.0 cm³/mol. The number of methoxy groups -OCH3 is 1. The molecule has 2 amide bonds. The zero-order chi connectivity index (χ0) is 17.6. The Morgan fingerprint density at radius 2 is 2.04 bits per heavy atom. The van der Waals surface area contributed by atoms with Gasteiger partial charge in [0.15, 0.2) is 0 Å². The highest BCUT2D eigenvalue weighted by molar-refractivity contribution is 5.75. The lowest BCUT2D eigenvalue weighted by molar-refractivity contribution is 0.190. The molecule has 0 bridgehead atoms.